The zero-order valence-electron chi connectivity index (χ0n) is 8.55. The molecule has 0 bridgehead atoms. The highest BCUT2D eigenvalue weighted by molar-refractivity contribution is 9.11. The van der Waals surface area contributed by atoms with Crippen LogP contribution in [-0.4, -0.2) is 14.8 Å². The van der Waals surface area contributed by atoms with Gasteiger partial charge in [0.25, 0.3) is 11.4 Å². The monoisotopic (exact) mass is 383 g/mol. The van der Waals surface area contributed by atoms with E-state index < -0.39 is 40.8 Å². The lowest BCUT2D eigenvalue weighted by Gasteiger charge is -2.05. The van der Waals surface area contributed by atoms with Crippen molar-refractivity contribution >= 4 is 48.9 Å². The summed E-state index contributed by atoms with van der Waals surface area (Å²) in [6.07, 6.45) is 0. The van der Waals surface area contributed by atoms with Crippen LogP contribution in [0.1, 0.15) is 5.56 Å². The van der Waals surface area contributed by atoms with Crippen LogP contribution < -0.4 is 0 Å². The van der Waals surface area contributed by atoms with E-state index in [4.69, 9.17) is 0 Å². The molecule has 0 amide bonds. The van der Waals surface area contributed by atoms with Gasteiger partial charge in [0, 0.05) is 0 Å². The fraction of sp³-hybridized carbons (Fsp3) is 0.143. The molecular weight excluding hydrogens is 382 g/mol. The molecular formula is C7H3Br2N3O6. The molecule has 0 saturated carbocycles. The smallest absolute Gasteiger partial charge is 0.258 e. The zero-order chi connectivity index (χ0) is 14.2. The van der Waals surface area contributed by atoms with Gasteiger partial charge in [-0.2, -0.15) is 0 Å². The fourth-order valence-corrected chi connectivity index (χ4v) is 3.19. The minimum absolute atomic E-state index is 0.269. The summed E-state index contributed by atoms with van der Waals surface area (Å²) in [5.41, 5.74) is -2.42. The molecule has 0 heterocycles. The number of benzene rings is 1. The molecule has 0 radical (unpaired) electrons. The average molecular weight is 385 g/mol. The number of hydrogen-bond donors (Lipinski definition) is 0. The quantitative estimate of drug-likeness (QED) is 0.580. The second-order valence-electron chi connectivity index (χ2n) is 3.07. The number of nitro groups is 3. The lowest BCUT2D eigenvalue weighted by Crippen LogP contribution is -2.03. The first-order valence-corrected chi connectivity index (χ1v) is 5.73. The van der Waals surface area contributed by atoms with Gasteiger partial charge in [0.2, 0.25) is 0 Å². The second-order valence-corrected chi connectivity index (χ2v) is 4.66. The third-order valence-electron chi connectivity index (χ3n) is 2.09. The number of nitrogens with zero attached hydrogens (tertiary/aromatic N) is 3. The molecule has 11 heteroatoms. The SMILES string of the molecule is Cc1c([N+](=O)[O-])c(Br)c([N+](=O)[O-])c(Br)c1[N+](=O)[O-]. The van der Waals surface area contributed by atoms with Crippen molar-refractivity contribution in [1.82, 2.24) is 0 Å². The van der Waals surface area contributed by atoms with Gasteiger partial charge in [0.1, 0.15) is 5.56 Å². The highest BCUT2D eigenvalue weighted by atomic mass is 79.9. The maximum absolute atomic E-state index is 10.8. The maximum Gasteiger partial charge on any atom is 0.311 e. The molecule has 0 aliphatic rings. The molecule has 0 aromatic heterocycles. The van der Waals surface area contributed by atoms with Crippen molar-refractivity contribution in [2.75, 3.05) is 0 Å². The van der Waals surface area contributed by atoms with Crippen LogP contribution in [0.5, 0.6) is 0 Å². The maximum atomic E-state index is 10.8. The summed E-state index contributed by atoms with van der Waals surface area (Å²) < 4.78 is -0.819. The molecule has 0 aliphatic heterocycles. The van der Waals surface area contributed by atoms with Crippen molar-refractivity contribution in [2.45, 2.75) is 6.92 Å². The second kappa shape index (κ2) is 4.94. The number of nitro benzene ring substituents is 3. The van der Waals surface area contributed by atoms with Crippen molar-refractivity contribution < 1.29 is 14.8 Å². The van der Waals surface area contributed by atoms with Gasteiger partial charge in [-0.05, 0) is 38.8 Å². The van der Waals surface area contributed by atoms with Crippen molar-refractivity contribution in [1.29, 1.82) is 0 Å². The van der Waals surface area contributed by atoms with E-state index in [9.17, 15) is 30.3 Å². The summed E-state index contributed by atoms with van der Waals surface area (Å²) in [5.74, 6) is 0. The van der Waals surface area contributed by atoms with Crippen molar-refractivity contribution in [3.63, 3.8) is 0 Å². The van der Waals surface area contributed by atoms with E-state index >= 15 is 0 Å². The van der Waals surface area contributed by atoms with Gasteiger partial charge in [0.05, 0.1) is 14.8 Å². The van der Waals surface area contributed by atoms with Gasteiger partial charge >= 0.3 is 5.69 Å². The summed E-state index contributed by atoms with van der Waals surface area (Å²) >= 11 is 5.46. The van der Waals surface area contributed by atoms with E-state index in [-0.39, 0.29) is 5.56 Å². The summed E-state index contributed by atoms with van der Waals surface area (Å²) in [4.78, 5) is 29.7. The van der Waals surface area contributed by atoms with Crippen LogP contribution in [0.2, 0.25) is 0 Å². The average Bonchev–Trinajstić information content (AvgIpc) is 2.14. The Morgan fingerprint density at radius 2 is 1.06 bits per heavy atom. The lowest BCUT2D eigenvalue weighted by atomic mass is 10.1. The van der Waals surface area contributed by atoms with Crippen molar-refractivity contribution in [2.24, 2.45) is 0 Å². The predicted octanol–water partition coefficient (Wildman–Crippen LogP) is 3.24. The third kappa shape index (κ3) is 2.18. The normalized spacial score (nSPS) is 10.2. The Bertz CT molecular complexity index is 485. The molecule has 0 fully saturated rings. The van der Waals surface area contributed by atoms with E-state index in [0.717, 1.165) is 6.92 Å². The Morgan fingerprint density at radius 3 is 1.28 bits per heavy atom. The standard InChI is InChI=1S/C7H3Br2N3O6/c1-2-5(10(13)14)3(8)7(12(17)18)4(9)6(2)11(15)16/h1H3. The summed E-state index contributed by atoms with van der Waals surface area (Å²) in [7, 11) is 0. The molecule has 0 aliphatic carbocycles. The minimum Gasteiger partial charge on any atom is -0.258 e. The van der Waals surface area contributed by atoms with Gasteiger partial charge < -0.3 is 0 Å². The Labute approximate surface area is 115 Å². The molecule has 9 nitrogen and oxygen atoms in total. The van der Waals surface area contributed by atoms with E-state index in [1.165, 1.54) is 0 Å². The summed E-state index contributed by atoms with van der Waals surface area (Å²) in [5, 5.41) is 32.4. The molecule has 96 valence electrons. The van der Waals surface area contributed by atoms with E-state index in [0.29, 0.717) is 0 Å². The fourth-order valence-electron chi connectivity index (χ4n) is 1.36. The highest BCUT2D eigenvalue weighted by Gasteiger charge is 2.38. The minimum atomic E-state index is -0.937. The summed E-state index contributed by atoms with van der Waals surface area (Å²) in [6, 6.07) is 0. The van der Waals surface area contributed by atoms with Crippen LogP contribution in [-0.2, 0) is 0 Å². The van der Waals surface area contributed by atoms with Gasteiger partial charge in [-0.15, -0.1) is 0 Å². The number of rotatable bonds is 3. The van der Waals surface area contributed by atoms with E-state index in [1.54, 1.807) is 0 Å². The predicted molar refractivity (Wildman–Crippen MR) is 66.5 cm³/mol. The molecule has 0 unspecified atom stereocenters. The van der Waals surface area contributed by atoms with E-state index in [1.807, 2.05) is 0 Å². The Balaban J connectivity index is 3.94. The van der Waals surface area contributed by atoms with Gasteiger partial charge in [-0.25, -0.2) is 0 Å². The first-order valence-electron chi connectivity index (χ1n) is 4.14. The van der Waals surface area contributed by atoms with Crippen LogP contribution >= 0.6 is 31.9 Å². The van der Waals surface area contributed by atoms with Crippen molar-refractivity contribution in [3.8, 4) is 0 Å². The molecule has 1 aromatic rings. The molecule has 0 spiro atoms. The first-order chi connectivity index (χ1) is 8.20. The van der Waals surface area contributed by atoms with Gasteiger partial charge in [-0.3, -0.25) is 30.3 Å². The van der Waals surface area contributed by atoms with Crippen LogP contribution in [0, 0.1) is 37.3 Å². The molecule has 0 N–H and O–H groups in total. The molecule has 18 heavy (non-hydrogen) atoms. The molecule has 0 atom stereocenters. The van der Waals surface area contributed by atoms with Crippen LogP contribution in [0.15, 0.2) is 8.95 Å². The van der Waals surface area contributed by atoms with E-state index in [2.05, 4.69) is 31.9 Å². The first kappa shape index (κ1) is 14.4. The Hall–Kier alpha value is -1.62. The third-order valence-corrected chi connectivity index (χ3v) is 3.59. The Morgan fingerprint density at radius 1 is 0.778 bits per heavy atom. The van der Waals surface area contributed by atoms with Crippen LogP contribution in [0.3, 0.4) is 0 Å². The van der Waals surface area contributed by atoms with Crippen molar-refractivity contribution in [3.05, 3.63) is 44.9 Å². The molecule has 0 saturated heterocycles. The molecule has 1 rings (SSSR count). The van der Waals surface area contributed by atoms with Crippen LogP contribution in [0.25, 0.3) is 0 Å². The summed E-state index contributed by atoms with van der Waals surface area (Å²) in [6.45, 7) is 1.15. The topological polar surface area (TPSA) is 129 Å². The van der Waals surface area contributed by atoms with Gasteiger partial charge in [-0.1, -0.05) is 0 Å². The highest BCUT2D eigenvalue weighted by Crippen LogP contribution is 2.47. The Kier molecular flexibility index (Phi) is 3.96. The van der Waals surface area contributed by atoms with Crippen LogP contribution in [0.4, 0.5) is 17.1 Å². The molecule has 1 aromatic carbocycles. The van der Waals surface area contributed by atoms with Gasteiger partial charge in [0.15, 0.2) is 8.95 Å². The largest absolute Gasteiger partial charge is 0.311 e. The lowest BCUT2D eigenvalue weighted by molar-refractivity contribution is -0.406. The number of halogens is 2. The number of hydrogen-bond acceptors (Lipinski definition) is 6. The zero-order valence-corrected chi connectivity index (χ0v) is 11.7.